The van der Waals surface area contributed by atoms with Crippen molar-refractivity contribution in [2.24, 2.45) is 0 Å². The molecule has 7 heteroatoms. The van der Waals surface area contributed by atoms with Gasteiger partial charge in [0.1, 0.15) is 0 Å². The van der Waals surface area contributed by atoms with Crippen molar-refractivity contribution in [3.63, 3.8) is 0 Å². The van der Waals surface area contributed by atoms with Crippen LogP contribution in [0.4, 0.5) is 13.2 Å². The third-order valence-electron chi connectivity index (χ3n) is 2.00. The summed E-state index contributed by atoms with van der Waals surface area (Å²) in [6.45, 7) is 4.57. The highest BCUT2D eigenvalue weighted by molar-refractivity contribution is 5.08. The normalized spacial score (nSPS) is 12.4. The van der Waals surface area contributed by atoms with Crippen LogP contribution < -0.4 is 0 Å². The lowest BCUT2D eigenvalue weighted by Crippen LogP contribution is -2.24. The van der Waals surface area contributed by atoms with Gasteiger partial charge in [-0.2, -0.15) is 18.3 Å². The van der Waals surface area contributed by atoms with Crippen LogP contribution in [-0.2, 0) is 22.2 Å². The summed E-state index contributed by atoms with van der Waals surface area (Å²) in [6.07, 6.45) is -3.23. The first kappa shape index (κ1) is 14.0. The standard InChI is InChI=1S/C10H15F3N2O2/c1-3-16-9(17-4-2)7-15-6-8(5-14-15)10(11,12)13/h5-6,9H,3-4,7H2,1-2H3. The Bertz CT molecular complexity index is 333. The second-order valence-corrected chi connectivity index (χ2v) is 3.29. The number of nitrogens with zero attached hydrogens (tertiary/aromatic N) is 2. The minimum atomic E-state index is -4.37. The van der Waals surface area contributed by atoms with Crippen molar-refractivity contribution in [1.82, 2.24) is 9.78 Å². The smallest absolute Gasteiger partial charge is 0.351 e. The summed E-state index contributed by atoms with van der Waals surface area (Å²) < 4.78 is 48.6. The van der Waals surface area contributed by atoms with Crippen LogP contribution >= 0.6 is 0 Å². The summed E-state index contributed by atoms with van der Waals surface area (Å²) in [4.78, 5) is 0. The first-order valence-electron chi connectivity index (χ1n) is 5.30. The molecule has 1 heterocycles. The van der Waals surface area contributed by atoms with Gasteiger partial charge in [0.2, 0.25) is 0 Å². The highest BCUT2D eigenvalue weighted by Crippen LogP contribution is 2.28. The monoisotopic (exact) mass is 252 g/mol. The number of aromatic nitrogens is 2. The van der Waals surface area contributed by atoms with Crippen molar-refractivity contribution >= 4 is 0 Å². The quantitative estimate of drug-likeness (QED) is 0.729. The van der Waals surface area contributed by atoms with E-state index in [1.807, 2.05) is 0 Å². The van der Waals surface area contributed by atoms with E-state index in [-0.39, 0.29) is 6.54 Å². The van der Waals surface area contributed by atoms with Crippen molar-refractivity contribution in [2.75, 3.05) is 13.2 Å². The third kappa shape index (κ3) is 4.35. The summed E-state index contributed by atoms with van der Waals surface area (Å²) in [5.41, 5.74) is -0.774. The van der Waals surface area contributed by atoms with Crippen LogP contribution in [-0.4, -0.2) is 29.3 Å². The number of halogens is 3. The molecule has 0 radical (unpaired) electrons. The lowest BCUT2D eigenvalue weighted by molar-refractivity contribution is -0.146. The zero-order valence-electron chi connectivity index (χ0n) is 9.70. The average Bonchev–Trinajstić information content (AvgIpc) is 2.66. The molecular weight excluding hydrogens is 237 g/mol. The van der Waals surface area contributed by atoms with Gasteiger partial charge in [-0.1, -0.05) is 0 Å². The van der Waals surface area contributed by atoms with E-state index >= 15 is 0 Å². The minimum absolute atomic E-state index is 0.137. The highest BCUT2D eigenvalue weighted by Gasteiger charge is 2.32. The highest BCUT2D eigenvalue weighted by atomic mass is 19.4. The number of ether oxygens (including phenoxy) is 2. The molecule has 0 saturated carbocycles. The van der Waals surface area contributed by atoms with Crippen molar-refractivity contribution in [2.45, 2.75) is 32.9 Å². The molecule has 1 aromatic rings. The van der Waals surface area contributed by atoms with Crippen LogP contribution in [0.2, 0.25) is 0 Å². The molecule has 0 aliphatic carbocycles. The van der Waals surface area contributed by atoms with Crippen LogP contribution in [0.25, 0.3) is 0 Å². The largest absolute Gasteiger partial charge is 0.419 e. The molecule has 17 heavy (non-hydrogen) atoms. The van der Waals surface area contributed by atoms with Crippen molar-refractivity contribution in [3.8, 4) is 0 Å². The average molecular weight is 252 g/mol. The third-order valence-corrected chi connectivity index (χ3v) is 2.00. The van der Waals surface area contributed by atoms with Gasteiger partial charge in [-0.15, -0.1) is 0 Å². The zero-order valence-corrected chi connectivity index (χ0v) is 9.70. The van der Waals surface area contributed by atoms with Crippen LogP contribution in [0.15, 0.2) is 12.4 Å². The molecule has 0 aliphatic heterocycles. The predicted octanol–water partition coefficient (Wildman–Crippen LogP) is 2.30. The lowest BCUT2D eigenvalue weighted by atomic mass is 10.4. The Morgan fingerprint density at radius 3 is 2.29 bits per heavy atom. The maximum Gasteiger partial charge on any atom is 0.419 e. The molecule has 1 rings (SSSR count). The van der Waals surface area contributed by atoms with Gasteiger partial charge in [0, 0.05) is 19.4 Å². The summed E-state index contributed by atoms with van der Waals surface area (Å²) in [5, 5.41) is 3.62. The van der Waals surface area contributed by atoms with E-state index < -0.39 is 18.0 Å². The van der Waals surface area contributed by atoms with E-state index in [0.717, 1.165) is 12.4 Å². The molecule has 0 unspecified atom stereocenters. The Labute approximate surface area is 97.3 Å². The molecule has 0 saturated heterocycles. The molecule has 1 aromatic heterocycles. The number of rotatable bonds is 6. The van der Waals surface area contributed by atoms with Gasteiger partial charge in [0.05, 0.1) is 18.3 Å². The Balaban J connectivity index is 2.63. The van der Waals surface area contributed by atoms with E-state index in [4.69, 9.17) is 9.47 Å². The summed E-state index contributed by atoms with van der Waals surface area (Å²) in [6, 6.07) is 0. The van der Waals surface area contributed by atoms with Gasteiger partial charge in [0.15, 0.2) is 6.29 Å². The molecule has 0 spiro atoms. The molecule has 0 N–H and O–H groups in total. The van der Waals surface area contributed by atoms with Gasteiger partial charge >= 0.3 is 6.18 Å². The van der Waals surface area contributed by atoms with Crippen LogP contribution in [0, 0.1) is 0 Å². The van der Waals surface area contributed by atoms with E-state index in [9.17, 15) is 13.2 Å². The van der Waals surface area contributed by atoms with Gasteiger partial charge < -0.3 is 9.47 Å². The first-order chi connectivity index (χ1) is 7.97. The van der Waals surface area contributed by atoms with Crippen molar-refractivity contribution in [1.29, 1.82) is 0 Å². The second kappa shape index (κ2) is 6.02. The number of alkyl halides is 3. The Hall–Kier alpha value is -1.08. The molecule has 4 nitrogen and oxygen atoms in total. The fourth-order valence-corrected chi connectivity index (χ4v) is 1.29. The Kier molecular flexibility index (Phi) is 4.95. The molecule has 0 amide bonds. The molecule has 98 valence electrons. The zero-order chi connectivity index (χ0) is 12.9. The maximum absolute atomic E-state index is 12.3. The van der Waals surface area contributed by atoms with E-state index in [0.29, 0.717) is 13.2 Å². The van der Waals surface area contributed by atoms with Crippen LogP contribution in [0.1, 0.15) is 19.4 Å². The number of hydrogen-bond acceptors (Lipinski definition) is 3. The molecule has 0 aliphatic rings. The molecule has 0 bridgehead atoms. The minimum Gasteiger partial charge on any atom is -0.351 e. The van der Waals surface area contributed by atoms with E-state index in [2.05, 4.69) is 5.10 Å². The molecular formula is C10H15F3N2O2. The summed E-state index contributed by atoms with van der Waals surface area (Å²) in [5.74, 6) is 0. The van der Waals surface area contributed by atoms with Gasteiger partial charge in [-0.05, 0) is 13.8 Å². The Morgan fingerprint density at radius 2 is 1.88 bits per heavy atom. The van der Waals surface area contributed by atoms with Gasteiger partial charge in [-0.3, -0.25) is 4.68 Å². The predicted molar refractivity (Wildman–Crippen MR) is 54.3 cm³/mol. The SMILES string of the molecule is CCOC(Cn1cc(C(F)(F)F)cn1)OCC. The van der Waals surface area contributed by atoms with E-state index in [1.54, 1.807) is 13.8 Å². The molecule has 0 atom stereocenters. The summed E-state index contributed by atoms with van der Waals surface area (Å²) in [7, 11) is 0. The van der Waals surface area contributed by atoms with Gasteiger partial charge in [0.25, 0.3) is 0 Å². The van der Waals surface area contributed by atoms with Crippen LogP contribution in [0.3, 0.4) is 0 Å². The van der Waals surface area contributed by atoms with E-state index in [1.165, 1.54) is 4.68 Å². The topological polar surface area (TPSA) is 36.3 Å². The van der Waals surface area contributed by atoms with Crippen molar-refractivity contribution in [3.05, 3.63) is 18.0 Å². The first-order valence-corrected chi connectivity index (χ1v) is 5.30. The van der Waals surface area contributed by atoms with Crippen LogP contribution in [0.5, 0.6) is 0 Å². The van der Waals surface area contributed by atoms with Gasteiger partial charge in [-0.25, -0.2) is 0 Å². The Morgan fingerprint density at radius 1 is 1.29 bits per heavy atom. The fraction of sp³-hybridized carbons (Fsp3) is 0.700. The molecule has 0 aromatic carbocycles. The molecule has 0 fully saturated rings. The summed E-state index contributed by atoms with van der Waals surface area (Å²) >= 11 is 0. The number of hydrogen-bond donors (Lipinski definition) is 0. The van der Waals surface area contributed by atoms with Crippen molar-refractivity contribution < 1.29 is 22.6 Å². The fourth-order valence-electron chi connectivity index (χ4n) is 1.29. The second-order valence-electron chi connectivity index (χ2n) is 3.29. The maximum atomic E-state index is 12.3. The lowest BCUT2D eigenvalue weighted by Gasteiger charge is -2.16.